The van der Waals surface area contributed by atoms with E-state index in [1.807, 2.05) is 13.2 Å². The Labute approximate surface area is 161 Å². The Morgan fingerprint density at radius 2 is 2.15 bits per heavy atom. The number of halogens is 1. The molecule has 0 spiro atoms. The second-order valence-corrected chi connectivity index (χ2v) is 6.78. The molecule has 4 rings (SSSR count). The maximum atomic E-state index is 13.1. The summed E-state index contributed by atoms with van der Waals surface area (Å²) < 4.78 is 6.95. The summed E-state index contributed by atoms with van der Waals surface area (Å²) in [4.78, 5) is 23.7. The number of methoxy groups -OCH3 is 1. The molecule has 1 amide bonds. The summed E-state index contributed by atoms with van der Waals surface area (Å²) in [7, 11) is 3.42. The molecule has 3 heterocycles. The zero-order valence-electron chi connectivity index (χ0n) is 15.0. The summed E-state index contributed by atoms with van der Waals surface area (Å²) in [6.45, 7) is 0.996. The minimum absolute atomic E-state index is 0.134. The topological polar surface area (TPSA) is 73.1 Å². The Bertz CT molecular complexity index is 1020. The highest BCUT2D eigenvalue weighted by molar-refractivity contribution is 6.33. The second-order valence-electron chi connectivity index (χ2n) is 6.37. The molecular weight excluding hydrogens is 366 g/mol. The van der Waals surface area contributed by atoms with Crippen molar-refractivity contribution in [2.24, 2.45) is 7.05 Å². The first-order valence-corrected chi connectivity index (χ1v) is 8.89. The maximum absolute atomic E-state index is 13.1. The van der Waals surface area contributed by atoms with Crippen LogP contribution in [0.2, 0.25) is 5.02 Å². The number of hydrogen-bond acceptors (Lipinski definition) is 5. The molecule has 3 aromatic rings. The van der Waals surface area contributed by atoms with Crippen LogP contribution in [0.5, 0.6) is 5.75 Å². The number of aromatic nitrogens is 4. The molecule has 0 atom stereocenters. The van der Waals surface area contributed by atoms with E-state index in [9.17, 15) is 4.79 Å². The quantitative estimate of drug-likeness (QED) is 0.695. The van der Waals surface area contributed by atoms with Gasteiger partial charge in [-0.3, -0.25) is 9.48 Å². The molecule has 1 aliphatic rings. The van der Waals surface area contributed by atoms with Gasteiger partial charge in [0.25, 0.3) is 5.91 Å². The summed E-state index contributed by atoms with van der Waals surface area (Å²) >= 11 is 6.26. The van der Waals surface area contributed by atoms with Gasteiger partial charge in [-0.25, -0.2) is 9.97 Å². The van der Waals surface area contributed by atoms with E-state index in [4.69, 9.17) is 16.3 Å². The Hall–Kier alpha value is -2.93. The zero-order chi connectivity index (χ0) is 19.0. The molecule has 0 aliphatic carbocycles. The number of fused-ring (bicyclic) bond motifs is 1. The van der Waals surface area contributed by atoms with Gasteiger partial charge < -0.3 is 9.64 Å². The van der Waals surface area contributed by atoms with Crippen molar-refractivity contribution in [2.45, 2.75) is 13.0 Å². The largest absolute Gasteiger partial charge is 0.497 e. The molecule has 2 aromatic heterocycles. The van der Waals surface area contributed by atoms with E-state index in [0.29, 0.717) is 35.8 Å². The van der Waals surface area contributed by atoms with Crippen LogP contribution in [0.3, 0.4) is 0 Å². The molecule has 8 heteroatoms. The Balaban J connectivity index is 1.68. The van der Waals surface area contributed by atoms with Crippen LogP contribution in [0.1, 0.15) is 21.6 Å². The lowest BCUT2D eigenvalue weighted by Gasteiger charge is -2.29. The fourth-order valence-electron chi connectivity index (χ4n) is 3.27. The van der Waals surface area contributed by atoms with Crippen molar-refractivity contribution in [3.05, 3.63) is 58.8 Å². The Morgan fingerprint density at radius 3 is 2.89 bits per heavy atom. The highest BCUT2D eigenvalue weighted by Gasteiger charge is 2.27. The van der Waals surface area contributed by atoms with Gasteiger partial charge in [0, 0.05) is 43.9 Å². The van der Waals surface area contributed by atoms with Crippen molar-refractivity contribution >= 4 is 17.5 Å². The Kier molecular flexibility index (Phi) is 4.53. The van der Waals surface area contributed by atoms with Crippen LogP contribution >= 0.6 is 11.6 Å². The fraction of sp³-hybridized carbons (Fsp3) is 0.263. The molecule has 27 heavy (non-hydrogen) atoms. The van der Waals surface area contributed by atoms with Crippen LogP contribution in [0.25, 0.3) is 11.3 Å². The van der Waals surface area contributed by atoms with Crippen LogP contribution < -0.4 is 4.74 Å². The van der Waals surface area contributed by atoms with Crippen molar-refractivity contribution in [2.75, 3.05) is 13.7 Å². The molecule has 0 fully saturated rings. The van der Waals surface area contributed by atoms with E-state index in [1.165, 1.54) is 0 Å². The highest BCUT2D eigenvalue weighted by atomic mass is 35.5. The van der Waals surface area contributed by atoms with E-state index in [1.54, 1.807) is 47.4 Å². The van der Waals surface area contributed by atoms with Gasteiger partial charge >= 0.3 is 0 Å². The number of nitrogens with zero attached hydrogens (tertiary/aromatic N) is 5. The van der Waals surface area contributed by atoms with Crippen LogP contribution in [0.15, 0.2) is 36.9 Å². The van der Waals surface area contributed by atoms with Gasteiger partial charge in [-0.05, 0) is 18.2 Å². The molecule has 138 valence electrons. The standard InChI is InChI=1S/C19H18ClN5O2/c1-24-9-12(8-23-24)18-15-10-25(6-5-17(15)21-11-22-18)19(26)14-7-13(27-2)3-4-16(14)20/h3-4,7-9,11H,5-6,10H2,1-2H3. The summed E-state index contributed by atoms with van der Waals surface area (Å²) in [5, 5.41) is 4.62. The van der Waals surface area contributed by atoms with E-state index in [0.717, 1.165) is 22.5 Å². The monoisotopic (exact) mass is 383 g/mol. The van der Waals surface area contributed by atoms with Crippen molar-refractivity contribution in [3.63, 3.8) is 0 Å². The molecule has 0 unspecified atom stereocenters. The van der Waals surface area contributed by atoms with Gasteiger partial charge in [0.1, 0.15) is 12.1 Å². The van der Waals surface area contributed by atoms with Crippen LogP contribution in [-0.2, 0) is 20.0 Å². The molecule has 1 aromatic carbocycles. The van der Waals surface area contributed by atoms with Gasteiger partial charge in [-0.2, -0.15) is 5.10 Å². The predicted octanol–water partition coefficient (Wildman–Crippen LogP) is 2.74. The number of aryl methyl sites for hydroxylation is 1. The van der Waals surface area contributed by atoms with Crippen molar-refractivity contribution < 1.29 is 9.53 Å². The van der Waals surface area contributed by atoms with Crippen LogP contribution in [0, 0.1) is 0 Å². The van der Waals surface area contributed by atoms with E-state index in [2.05, 4.69) is 15.1 Å². The summed E-state index contributed by atoms with van der Waals surface area (Å²) in [6.07, 6.45) is 5.90. The average molecular weight is 384 g/mol. The molecule has 0 N–H and O–H groups in total. The summed E-state index contributed by atoms with van der Waals surface area (Å²) in [5.74, 6) is 0.463. The normalized spacial score (nSPS) is 13.4. The first-order chi connectivity index (χ1) is 13.1. The molecule has 7 nitrogen and oxygen atoms in total. The number of hydrogen-bond donors (Lipinski definition) is 0. The Morgan fingerprint density at radius 1 is 1.30 bits per heavy atom. The van der Waals surface area contributed by atoms with Crippen LogP contribution in [-0.4, -0.2) is 44.2 Å². The summed E-state index contributed by atoms with van der Waals surface area (Å²) in [5.41, 5.74) is 4.06. The van der Waals surface area contributed by atoms with E-state index in [-0.39, 0.29) is 5.91 Å². The smallest absolute Gasteiger partial charge is 0.255 e. The van der Waals surface area contributed by atoms with Gasteiger partial charge in [-0.15, -0.1) is 0 Å². The van der Waals surface area contributed by atoms with Gasteiger partial charge in [0.05, 0.1) is 35.3 Å². The van der Waals surface area contributed by atoms with E-state index >= 15 is 0 Å². The maximum Gasteiger partial charge on any atom is 0.255 e. The second kappa shape index (κ2) is 7.00. The molecule has 1 aliphatic heterocycles. The first-order valence-electron chi connectivity index (χ1n) is 8.51. The number of carbonyl (C=O) groups excluding carboxylic acids is 1. The number of amides is 1. The molecule has 0 radical (unpaired) electrons. The minimum Gasteiger partial charge on any atom is -0.497 e. The number of carbonyl (C=O) groups is 1. The summed E-state index contributed by atoms with van der Waals surface area (Å²) in [6, 6.07) is 5.08. The van der Waals surface area contributed by atoms with Crippen molar-refractivity contribution in [1.82, 2.24) is 24.6 Å². The zero-order valence-corrected chi connectivity index (χ0v) is 15.8. The molecule has 0 saturated heterocycles. The van der Waals surface area contributed by atoms with Gasteiger partial charge in [0.2, 0.25) is 0 Å². The van der Waals surface area contributed by atoms with Gasteiger partial charge in [-0.1, -0.05) is 11.6 Å². The number of benzene rings is 1. The lowest BCUT2D eigenvalue weighted by molar-refractivity contribution is 0.0733. The highest BCUT2D eigenvalue weighted by Crippen LogP contribution is 2.29. The number of rotatable bonds is 3. The predicted molar refractivity (Wildman–Crippen MR) is 101 cm³/mol. The lowest BCUT2D eigenvalue weighted by atomic mass is 10.00. The van der Waals surface area contributed by atoms with Crippen molar-refractivity contribution in [3.8, 4) is 17.0 Å². The molecular formula is C19H18ClN5O2. The number of ether oxygens (including phenoxy) is 1. The SMILES string of the molecule is COc1ccc(Cl)c(C(=O)N2CCc3ncnc(-c4cnn(C)c4)c3C2)c1. The molecule has 0 saturated carbocycles. The third-order valence-corrected chi connectivity index (χ3v) is 5.00. The fourth-order valence-corrected chi connectivity index (χ4v) is 3.47. The van der Waals surface area contributed by atoms with Crippen LogP contribution in [0.4, 0.5) is 0 Å². The van der Waals surface area contributed by atoms with Crippen molar-refractivity contribution in [1.29, 1.82) is 0 Å². The third-order valence-electron chi connectivity index (χ3n) is 4.67. The van der Waals surface area contributed by atoms with Gasteiger partial charge in [0.15, 0.2) is 0 Å². The third kappa shape index (κ3) is 3.26. The lowest BCUT2D eigenvalue weighted by Crippen LogP contribution is -2.37. The van der Waals surface area contributed by atoms with E-state index < -0.39 is 0 Å². The first kappa shape index (κ1) is 17.5. The minimum atomic E-state index is -0.134. The molecule has 0 bridgehead atoms. The average Bonchev–Trinajstić information content (AvgIpc) is 3.13.